The van der Waals surface area contributed by atoms with E-state index in [1.54, 1.807) is 20.8 Å². The topological polar surface area (TPSA) is 104 Å². The van der Waals surface area contributed by atoms with E-state index in [4.69, 9.17) is 9.47 Å². The summed E-state index contributed by atoms with van der Waals surface area (Å²) in [4.78, 5) is 16.7. The van der Waals surface area contributed by atoms with Crippen molar-refractivity contribution in [2.45, 2.75) is 57.6 Å². The van der Waals surface area contributed by atoms with Crippen LogP contribution in [0.3, 0.4) is 0 Å². The Morgan fingerprint density at radius 2 is 1.94 bits per heavy atom. The number of aromatic nitrogens is 1. The molecule has 3 atom stereocenters. The zero-order valence-electron chi connectivity index (χ0n) is 19.3. The Bertz CT molecular complexity index is 1030. The standard InChI is InChI=1S/C23H27F4N3O5/c1-22(2,3)35-21(33)28-10-13-7-18(23(25,26)27)29-19(8-13)34-15-6-4-5-14(9-15)20(32)30-11-16(24)17(31)12-30/h4-9,16-17,20,31-32H,10-12H2,1-3H3,(H,28,33). The Morgan fingerprint density at radius 3 is 2.54 bits per heavy atom. The van der Waals surface area contributed by atoms with E-state index < -0.39 is 42.1 Å². The van der Waals surface area contributed by atoms with E-state index in [2.05, 4.69) is 10.3 Å². The number of benzene rings is 1. The number of carbonyl (C=O) groups is 1. The molecule has 1 aliphatic rings. The highest BCUT2D eigenvalue weighted by Gasteiger charge is 2.35. The van der Waals surface area contributed by atoms with Gasteiger partial charge in [-0.1, -0.05) is 12.1 Å². The minimum Gasteiger partial charge on any atom is -0.444 e. The van der Waals surface area contributed by atoms with Crippen LogP contribution in [-0.4, -0.2) is 57.2 Å². The van der Waals surface area contributed by atoms with Gasteiger partial charge in [0.05, 0.1) is 6.10 Å². The van der Waals surface area contributed by atoms with Gasteiger partial charge >= 0.3 is 12.3 Å². The van der Waals surface area contributed by atoms with E-state index in [0.29, 0.717) is 5.56 Å². The maximum Gasteiger partial charge on any atom is 0.433 e. The second-order valence-corrected chi connectivity index (χ2v) is 9.14. The number of rotatable bonds is 6. The third kappa shape index (κ3) is 7.51. The van der Waals surface area contributed by atoms with E-state index in [0.717, 1.165) is 6.07 Å². The molecule has 192 valence electrons. The molecule has 3 N–H and O–H groups in total. The first-order valence-corrected chi connectivity index (χ1v) is 10.8. The summed E-state index contributed by atoms with van der Waals surface area (Å²) >= 11 is 0. The highest BCUT2D eigenvalue weighted by atomic mass is 19.4. The zero-order valence-corrected chi connectivity index (χ0v) is 19.3. The number of halogens is 4. The summed E-state index contributed by atoms with van der Waals surface area (Å²) in [7, 11) is 0. The number of aliphatic hydroxyl groups excluding tert-OH is 2. The van der Waals surface area contributed by atoms with Crippen molar-refractivity contribution in [3.63, 3.8) is 0 Å². The number of hydrogen-bond acceptors (Lipinski definition) is 7. The number of ether oxygens (including phenoxy) is 2. The first-order valence-electron chi connectivity index (χ1n) is 10.8. The van der Waals surface area contributed by atoms with Gasteiger partial charge in [0.15, 0.2) is 0 Å². The number of amides is 1. The molecule has 0 bridgehead atoms. The molecule has 8 nitrogen and oxygen atoms in total. The van der Waals surface area contributed by atoms with Crippen molar-refractivity contribution in [3.05, 3.63) is 53.2 Å². The van der Waals surface area contributed by atoms with Crippen molar-refractivity contribution in [1.82, 2.24) is 15.2 Å². The summed E-state index contributed by atoms with van der Waals surface area (Å²) in [6.07, 6.45) is -9.53. The molecular weight excluding hydrogens is 474 g/mol. The van der Waals surface area contributed by atoms with Crippen molar-refractivity contribution >= 4 is 6.09 Å². The lowest BCUT2D eigenvalue weighted by molar-refractivity contribution is -0.141. The number of carbonyl (C=O) groups excluding carboxylic acids is 1. The lowest BCUT2D eigenvalue weighted by Gasteiger charge is -2.23. The number of pyridine rings is 1. The minimum atomic E-state index is -4.77. The highest BCUT2D eigenvalue weighted by molar-refractivity contribution is 5.67. The Morgan fingerprint density at radius 1 is 1.23 bits per heavy atom. The highest BCUT2D eigenvalue weighted by Crippen LogP contribution is 2.32. The molecule has 3 unspecified atom stereocenters. The second-order valence-electron chi connectivity index (χ2n) is 9.14. The van der Waals surface area contributed by atoms with Crippen LogP contribution in [0.1, 0.15) is 43.8 Å². The number of hydrogen-bond donors (Lipinski definition) is 3. The molecule has 2 heterocycles. The van der Waals surface area contributed by atoms with Gasteiger partial charge in [-0.05, 0) is 50.1 Å². The third-order valence-electron chi connectivity index (χ3n) is 4.96. The molecule has 2 aromatic rings. The second kappa shape index (κ2) is 10.3. The molecule has 12 heteroatoms. The quantitative estimate of drug-likeness (QED) is 0.516. The largest absolute Gasteiger partial charge is 0.444 e. The summed E-state index contributed by atoms with van der Waals surface area (Å²) in [5, 5.41) is 22.5. The fourth-order valence-electron chi connectivity index (χ4n) is 3.39. The molecule has 0 radical (unpaired) electrons. The third-order valence-corrected chi connectivity index (χ3v) is 4.96. The van der Waals surface area contributed by atoms with Gasteiger partial charge in [0, 0.05) is 25.7 Å². The maximum atomic E-state index is 13.6. The molecule has 1 saturated heterocycles. The number of likely N-dealkylation sites (tertiary alicyclic amines) is 1. The molecule has 0 saturated carbocycles. The Hall–Kier alpha value is -2.96. The summed E-state index contributed by atoms with van der Waals surface area (Å²) in [6.45, 7) is 4.45. The fraction of sp³-hybridized carbons (Fsp3) is 0.478. The van der Waals surface area contributed by atoms with Crippen LogP contribution in [0.15, 0.2) is 36.4 Å². The molecule has 0 aliphatic carbocycles. The molecule has 1 aromatic heterocycles. The molecule has 1 amide bonds. The van der Waals surface area contributed by atoms with Crippen LogP contribution in [0, 0.1) is 0 Å². The maximum absolute atomic E-state index is 13.6. The molecule has 0 spiro atoms. The van der Waals surface area contributed by atoms with Crippen molar-refractivity contribution in [2.75, 3.05) is 13.1 Å². The van der Waals surface area contributed by atoms with Gasteiger partial charge in [0.1, 0.15) is 29.4 Å². The number of β-amino-alcohol motifs (C(OH)–C–C–N with tert-alkyl or cyclic N) is 1. The van der Waals surface area contributed by atoms with Gasteiger partial charge in [-0.2, -0.15) is 13.2 Å². The van der Waals surface area contributed by atoms with Crippen molar-refractivity contribution in [1.29, 1.82) is 0 Å². The van der Waals surface area contributed by atoms with Crippen LogP contribution in [0.25, 0.3) is 0 Å². The predicted molar refractivity (Wildman–Crippen MR) is 116 cm³/mol. The number of aliphatic hydroxyl groups is 2. The van der Waals surface area contributed by atoms with Gasteiger partial charge in [0.2, 0.25) is 5.88 Å². The van der Waals surface area contributed by atoms with Gasteiger partial charge in [0.25, 0.3) is 0 Å². The monoisotopic (exact) mass is 501 g/mol. The Balaban J connectivity index is 1.78. The van der Waals surface area contributed by atoms with Crippen molar-refractivity contribution in [2.24, 2.45) is 0 Å². The summed E-state index contributed by atoms with van der Waals surface area (Å²) in [6, 6.07) is 7.89. The average molecular weight is 501 g/mol. The van der Waals surface area contributed by atoms with Gasteiger partial charge < -0.3 is 25.0 Å². The number of alkyl carbamates (subject to hydrolysis) is 1. The van der Waals surface area contributed by atoms with E-state index >= 15 is 0 Å². The van der Waals surface area contributed by atoms with E-state index in [1.165, 1.54) is 35.2 Å². The number of nitrogens with one attached hydrogen (secondary N) is 1. The smallest absolute Gasteiger partial charge is 0.433 e. The molecule has 1 fully saturated rings. The van der Waals surface area contributed by atoms with Gasteiger partial charge in [-0.15, -0.1) is 0 Å². The van der Waals surface area contributed by atoms with E-state index in [9.17, 15) is 32.6 Å². The Kier molecular flexibility index (Phi) is 7.87. The van der Waals surface area contributed by atoms with Crippen molar-refractivity contribution < 1.29 is 42.0 Å². The predicted octanol–water partition coefficient (Wildman–Crippen LogP) is 3.92. The SMILES string of the molecule is CC(C)(C)OC(=O)NCc1cc(Oc2cccc(C(O)N3CC(O)C(F)C3)c2)nc(C(F)(F)F)c1. The summed E-state index contributed by atoms with van der Waals surface area (Å²) < 4.78 is 64.4. The normalized spacial score (nSPS) is 19.9. The average Bonchev–Trinajstić information content (AvgIpc) is 3.08. The van der Waals surface area contributed by atoms with Crippen LogP contribution < -0.4 is 10.1 Å². The van der Waals surface area contributed by atoms with Gasteiger partial charge in [-0.3, -0.25) is 4.90 Å². The van der Waals surface area contributed by atoms with Gasteiger partial charge in [-0.25, -0.2) is 14.2 Å². The van der Waals surface area contributed by atoms with Crippen LogP contribution in [0.2, 0.25) is 0 Å². The first kappa shape index (κ1) is 26.6. The van der Waals surface area contributed by atoms with Crippen LogP contribution in [-0.2, 0) is 17.5 Å². The molecule has 3 rings (SSSR count). The number of nitrogens with zero attached hydrogens (tertiary/aromatic N) is 2. The van der Waals surface area contributed by atoms with Crippen LogP contribution >= 0.6 is 0 Å². The van der Waals surface area contributed by atoms with Crippen LogP contribution in [0.5, 0.6) is 11.6 Å². The summed E-state index contributed by atoms with van der Waals surface area (Å²) in [5.74, 6) is -0.302. The molecular formula is C23H27F4N3O5. The van der Waals surface area contributed by atoms with E-state index in [-0.39, 0.29) is 36.8 Å². The summed E-state index contributed by atoms with van der Waals surface area (Å²) in [5.41, 5.74) is -1.62. The first-order chi connectivity index (χ1) is 16.2. The molecule has 1 aliphatic heterocycles. The number of alkyl halides is 4. The van der Waals surface area contributed by atoms with Crippen LogP contribution in [0.4, 0.5) is 22.4 Å². The minimum absolute atomic E-state index is 0.0728. The lowest BCUT2D eigenvalue weighted by atomic mass is 10.1. The van der Waals surface area contributed by atoms with Crippen molar-refractivity contribution in [3.8, 4) is 11.6 Å². The lowest BCUT2D eigenvalue weighted by Crippen LogP contribution is -2.32. The fourth-order valence-corrected chi connectivity index (χ4v) is 3.39. The zero-order chi connectivity index (χ0) is 26.0. The van der Waals surface area contributed by atoms with E-state index in [1.807, 2.05) is 0 Å². The Labute approximate surface area is 199 Å². The molecule has 1 aromatic carbocycles. The molecule has 35 heavy (non-hydrogen) atoms.